The van der Waals surface area contributed by atoms with Gasteiger partial charge in [0.15, 0.2) is 15.6 Å². The second kappa shape index (κ2) is 8.68. The summed E-state index contributed by atoms with van der Waals surface area (Å²) in [5, 5.41) is 0.472. The molecular formula is C22H25Cl2NO5S. The maximum Gasteiger partial charge on any atom is 0.254 e. The number of nitrogens with zero attached hydrogens (tertiary/aromatic N) is 1. The Labute approximate surface area is 192 Å². The minimum atomic E-state index is -3.18. The first-order valence-electron chi connectivity index (χ1n) is 10.4. The first-order valence-corrected chi connectivity index (χ1v) is 13.0. The molecule has 2 heterocycles. The highest BCUT2D eigenvalue weighted by Gasteiger charge is 2.38. The van der Waals surface area contributed by atoms with E-state index in [9.17, 15) is 13.2 Å². The van der Waals surface area contributed by atoms with Crippen LogP contribution in [0.1, 0.15) is 54.5 Å². The lowest BCUT2D eigenvalue weighted by Crippen LogP contribution is -2.40. The normalized spacial score (nSPS) is 24.2. The summed E-state index contributed by atoms with van der Waals surface area (Å²) in [6, 6.07) is 6.40. The topological polar surface area (TPSA) is 76.8 Å². The van der Waals surface area contributed by atoms with Crippen LogP contribution in [0.5, 0.6) is 5.75 Å². The predicted octanol–water partition coefficient (Wildman–Crippen LogP) is 4.94. The average Bonchev–Trinajstić information content (AvgIpc) is 3.10. The smallest absolute Gasteiger partial charge is 0.254 e. The van der Waals surface area contributed by atoms with Crippen molar-refractivity contribution < 1.29 is 22.4 Å². The van der Waals surface area contributed by atoms with Crippen LogP contribution < -0.4 is 4.74 Å². The van der Waals surface area contributed by atoms with Gasteiger partial charge in [-0.25, -0.2) is 8.42 Å². The third-order valence-electron chi connectivity index (χ3n) is 5.93. The van der Waals surface area contributed by atoms with E-state index < -0.39 is 15.9 Å². The summed E-state index contributed by atoms with van der Waals surface area (Å²) in [6.07, 6.45) is 1.49. The summed E-state index contributed by atoms with van der Waals surface area (Å²) in [4.78, 5) is 15.0. The molecule has 9 heteroatoms. The molecule has 168 valence electrons. The van der Waals surface area contributed by atoms with Gasteiger partial charge in [-0.2, -0.15) is 0 Å². The number of ether oxygens (including phenoxy) is 1. The summed E-state index contributed by atoms with van der Waals surface area (Å²) >= 11 is 12.6. The Morgan fingerprint density at radius 3 is 2.48 bits per heavy atom. The molecule has 3 atom stereocenters. The lowest BCUT2D eigenvalue weighted by molar-refractivity contribution is 0.0665. The number of hydrogen-bond donors (Lipinski definition) is 0. The zero-order valence-electron chi connectivity index (χ0n) is 17.4. The minimum absolute atomic E-state index is 0.0647. The zero-order chi connectivity index (χ0) is 22.3. The van der Waals surface area contributed by atoms with Gasteiger partial charge in [-0.1, -0.05) is 30.1 Å². The Bertz CT molecular complexity index is 1070. The van der Waals surface area contributed by atoms with E-state index >= 15 is 0 Å². The van der Waals surface area contributed by atoms with E-state index in [-0.39, 0.29) is 39.6 Å². The fourth-order valence-electron chi connectivity index (χ4n) is 4.08. The number of halogens is 2. The van der Waals surface area contributed by atoms with E-state index in [1.54, 1.807) is 4.90 Å². The lowest BCUT2D eigenvalue weighted by atomic mass is 10.1. The number of carbonyl (C=O) groups excluding carboxylic acids is 1. The molecule has 0 N–H and O–H groups in total. The Morgan fingerprint density at radius 1 is 1.26 bits per heavy atom. The molecule has 1 aliphatic heterocycles. The van der Waals surface area contributed by atoms with Crippen molar-refractivity contribution in [3.63, 3.8) is 0 Å². The molecule has 2 aliphatic rings. The van der Waals surface area contributed by atoms with Crippen molar-refractivity contribution >= 4 is 38.9 Å². The van der Waals surface area contributed by atoms with Crippen LogP contribution >= 0.6 is 23.2 Å². The summed E-state index contributed by atoms with van der Waals surface area (Å²) < 4.78 is 35.6. The van der Waals surface area contributed by atoms with Crippen molar-refractivity contribution in [1.82, 2.24) is 4.90 Å². The Kier molecular flexibility index (Phi) is 6.30. The van der Waals surface area contributed by atoms with E-state index in [0.29, 0.717) is 36.4 Å². The third-order valence-corrected chi connectivity index (χ3v) is 8.24. The summed E-state index contributed by atoms with van der Waals surface area (Å²) in [7, 11) is -3.18. The van der Waals surface area contributed by atoms with Gasteiger partial charge in [0, 0.05) is 17.5 Å². The van der Waals surface area contributed by atoms with Crippen LogP contribution in [0.25, 0.3) is 0 Å². The van der Waals surface area contributed by atoms with Crippen molar-refractivity contribution in [3.05, 3.63) is 51.4 Å². The second-order valence-electron chi connectivity index (χ2n) is 8.32. The van der Waals surface area contributed by atoms with Gasteiger partial charge in [0.2, 0.25) is 0 Å². The van der Waals surface area contributed by atoms with Gasteiger partial charge in [-0.05, 0) is 49.9 Å². The number of amides is 1. The molecule has 0 bridgehead atoms. The van der Waals surface area contributed by atoms with Gasteiger partial charge in [-0.15, -0.1) is 0 Å². The van der Waals surface area contributed by atoms with Crippen molar-refractivity contribution in [2.24, 2.45) is 5.92 Å². The van der Waals surface area contributed by atoms with Gasteiger partial charge >= 0.3 is 0 Å². The standard InChI is InChI=1S/C22H25Cl2NO5S/c1-3-29-21-18(23)9-14(10-19(21)24)22(26)25(15-6-7-31(27,28)12-15)11-16-4-5-20(30-16)17-8-13(17)2/h4-5,9-10,13,15,17H,3,6-8,11-12H2,1-2H3. The molecule has 2 fully saturated rings. The Morgan fingerprint density at radius 2 is 1.94 bits per heavy atom. The van der Waals surface area contributed by atoms with E-state index in [2.05, 4.69) is 6.92 Å². The van der Waals surface area contributed by atoms with Gasteiger partial charge in [-0.3, -0.25) is 4.79 Å². The van der Waals surface area contributed by atoms with Gasteiger partial charge in [0.25, 0.3) is 5.91 Å². The highest BCUT2D eigenvalue weighted by atomic mass is 35.5. The fourth-order valence-corrected chi connectivity index (χ4v) is 6.41. The molecule has 1 saturated carbocycles. The lowest BCUT2D eigenvalue weighted by Gasteiger charge is -2.28. The van der Waals surface area contributed by atoms with Crippen molar-refractivity contribution in [2.75, 3.05) is 18.1 Å². The molecule has 3 unspecified atom stereocenters. The number of carbonyl (C=O) groups is 1. The van der Waals surface area contributed by atoms with Crippen LogP contribution in [0.2, 0.25) is 10.0 Å². The molecule has 1 amide bonds. The second-order valence-corrected chi connectivity index (χ2v) is 11.4. The van der Waals surface area contributed by atoms with Gasteiger partial charge < -0.3 is 14.1 Å². The van der Waals surface area contributed by atoms with E-state index in [1.807, 2.05) is 19.1 Å². The van der Waals surface area contributed by atoms with Crippen LogP contribution in [0, 0.1) is 5.92 Å². The highest BCUT2D eigenvalue weighted by Crippen LogP contribution is 2.47. The van der Waals surface area contributed by atoms with Crippen LogP contribution in [0.3, 0.4) is 0 Å². The van der Waals surface area contributed by atoms with Gasteiger partial charge in [0.05, 0.1) is 34.7 Å². The minimum Gasteiger partial charge on any atom is -0.491 e. The average molecular weight is 486 g/mol. The van der Waals surface area contributed by atoms with Crippen molar-refractivity contribution in [3.8, 4) is 5.75 Å². The van der Waals surface area contributed by atoms with Crippen LogP contribution in [-0.2, 0) is 16.4 Å². The van der Waals surface area contributed by atoms with Crippen molar-refractivity contribution in [2.45, 2.75) is 45.2 Å². The maximum atomic E-state index is 13.5. The molecule has 2 aromatic rings. The monoisotopic (exact) mass is 485 g/mol. The van der Waals surface area contributed by atoms with Crippen LogP contribution in [0.15, 0.2) is 28.7 Å². The van der Waals surface area contributed by atoms with Crippen molar-refractivity contribution in [1.29, 1.82) is 0 Å². The first-order chi connectivity index (χ1) is 14.7. The maximum absolute atomic E-state index is 13.5. The fraction of sp³-hybridized carbons (Fsp3) is 0.500. The molecular weight excluding hydrogens is 461 g/mol. The first kappa shape index (κ1) is 22.5. The van der Waals surface area contributed by atoms with Crippen LogP contribution in [0.4, 0.5) is 0 Å². The number of benzene rings is 1. The van der Waals surface area contributed by atoms with E-state index in [1.165, 1.54) is 12.1 Å². The number of furan rings is 1. The van der Waals surface area contributed by atoms with Crippen LogP contribution in [-0.4, -0.2) is 43.4 Å². The number of sulfone groups is 1. The zero-order valence-corrected chi connectivity index (χ0v) is 19.8. The molecule has 6 nitrogen and oxygen atoms in total. The van der Waals surface area contributed by atoms with E-state index in [0.717, 1.165) is 12.2 Å². The van der Waals surface area contributed by atoms with Gasteiger partial charge in [0.1, 0.15) is 11.5 Å². The Balaban J connectivity index is 1.62. The number of hydrogen-bond acceptors (Lipinski definition) is 5. The molecule has 0 radical (unpaired) electrons. The highest BCUT2D eigenvalue weighted by molar-refractivity contribution is 7.91. The SMILES string of the molecule is CCOc1c(Cl)cc(C(=O)N(Cc2ccc(C3CC3C)o2)C2CCS(=O)(=O)C2)cc1Cl. The largest absolute Gasteiger partial charge is 0.491 e. The predicted molar refractivity (Wildman–Crippen MR) is 120 cm³/mol. The molecule has 1 aromatic carbocycles. The molecule has 31 heavy (non-hydrogen) atoms. The molecule has 4 rings (SSSR count). The third kappa shape index (κ3) is 4.89. The number of rotatable bonds is 7. The molecule has 0 spiro atoms. The molecule has 1 aliphatic carbocycles. The molecule has 1 saturated heterocycles. The summed E-state index contributed by atoms with van der Waals surface area (Å²) in [6.45, 7) is 4.56. The quantitative estimate of drug-likeness (QED) is 0.554. The molecule has 1 aromatic heterocycles. The van der Waals surface area contributed by atoms with E-state index in [4.69, 9.17) is 32.4 Å². The Hall–Kier alpha value is -1.70. The summed E-state index contributed by atoms with van der Waals surface area (Å²) in [5.41, 5.74) is 0.283. The summed E-state index contributed by atoms with van der Waals surface area (Å²) in [5.74, 6) is 2.56.